The molecule has 5 heterocycles. The van der Waals surface area contributed by atoms with E-state index in [1.807, 2.05) is 38.4 Å². The lowest BCUT2D eigenvalue weighted by atomic mass is 10.0. The fourth-order valence-corrected chi connectivity index (χ4v) is 4.39. The Bertz CT molecular complexity index is 1710. The number of benzene rings is 1. The van der Waals surface area contributed by atoms with Gasteiger partial charge in [-0.1, -0.05) is 0 Å². The van der Waals surface area contributed by atoms with Crippen LogP contribution >= 0.6 is 0 Å². The van der Waals surface area contributed by atoms with Crippen LogP contribution in [0.1, 0.15) is 0 Å². The fourth-order valence-electron chi connectivity index (χ4n) is 4.39. The highest BCUT2D eigenvalue weighted by molar-refractivity contribution is 6.00. The lowest BCUT2D eigenvalue weighted by Gasteiger charge is -2.13. The maximum absolute atomic E-state index is 14.6. The van der Waals surface area contributed by atoms with Gasteiger partial charge in [-0.3, -0.25) is 10.1 Å². The van der Waals surface area contributed by atoms with Crippen molar-refractivity contribution in [2.75, 3.05) is 32.5 Å². The van der Waals surface area contributed by atoms with Crippen LogP contribution in [0.15, 0.2) is 67.5 Å². The van der Waals surface area contributed by atoms with Crippen molar-refractivity contribution in [1.82, 2.24) is 40.0 Å². The average Bonchev–Trinajstić information content (AvgIpc) is 3.52. The molecular formula is C27H24FN9. The highest BCUT2D eigenvalue weighted by Crippen LogP contribution is 2.35. The first-order valence-corrected chi connectivity index (χ1v) is 11.8. The predicted octanol–water partition coefficient (Wildman–Crippen LogP) is 4.74. The van der Waals surface area contributed by atoms with Gasteiger partial charge in [0, 0.05) is 53.7 Å². The molecule has 0 aliphatic heterocycles. The third kappa shape index (κ3) is 4.50. The van der Waals surface area contributed by atoms with Crippen LogP contribution in [0.3, 0.4) is 0 Å². The van der Waals surface area contributed by atoms with Gasteiger partial charge in [0.1, 0.15) is 23.5 Å². The van der Waals surface area contributed by atoms with Gasteiger partial charge >= 0.3 is 0 Å². The van der Waals surface area contributed by atoms with Gasteiger partial charge in [-0.15, -0.1) is 0 Å². The molecule has 0 aliphatic rings. The van der Waals surface area contributed by atoms with Crippen molar-refractivity contribution in [2.24, 2.45) is 0 Å². The summed E-state index contributed by atoms with van der Waals surface area (Å²) in [6, 6.07) is 10.9. The predicted molar refractivity (Wildman–Crippen MR) is 142 cm³/mol. The second-order valence-corrected chi connectivity index (χ2v) is 9.08. The highest BCUT2D eigenvalue weighted by atomic mass is 19.1. The smallest absolute Gasteiger partial charge is 0.138 e. The van der Waals surface area contributed by atoms with Crippen molar-refractivity contribution in [2.45, 2.75) is 0 Å². The number of aromatic amines is 2. The third-order valence-electron chi connectivity index (χ3n) is 6.19. The van der Waals surface area contributed by atoms with Crippen LogP contribution in [0, 0.1) is 5.82 Å². The summed E-state index contributed by atoms with van der Waals surface area (Å²) in [4.78, 5) is 22.7. The molecule has 6 rings (SSSR count). The summed E-state index contributed by atoms with van der Waals surface area (Å²) in [7, 11) is 4.01. The van der Waals surface area contributed by atoms with Crippen LogP contribution in [0.5, 0.6) is 0 Å². The first-order chi connectivity index (χ1) is 18.0. The molecule has 5 aromatic heterocycles. The molecule has 1 aromatic carbocycles. The van der Waals surface area contributed by atoms with Crippen molar-refractivity contribution in [3.63, 3.8) is 0 Å². The number of nitrogens with zero attached hydrogens (tertiary/aromatic N) is 6. The zero-order chi connectivity index (χ0) is 25.4. The maximum Gasteiger partial charge on any atom is 0.138 e. The van der Waals surface area contributed by atoms with E-state index >= 15 is 0 Å². The van der Waals surface area contributed by atoms with E-state index in [0.29, 0.717) is 12.2 Å². The summed E-state index contributed by atoms with van der Waals surface area (Å²) in [5, 5.41) is 12.7. The van der Waals surface area contributed by atoms with Crippen molar-refractivity contribution in [3.05, 3.63) is 73.3 Å². The van der Waals surface area contributed by atoms with Gasteiger partial charge in [-0.05, 0) is 61.6 Å². The molecule has 0 saturated heterocycles. The Labute approximate surface area is 211 Å². The second kappa shape index (κ2) is 9.40. The minimum atomic E-state index is -0.297. The summed E-state index contributed by atoms with van der Waals surface area (Å²) in [5.74, 6) is -0.297. The molecule has 0 fully saturated rings. The van der Waals surface area contributed by atoms with Crippen LogP contribution in [0.4, 0.5) is 10.1 Å². The molecule has 0 atom stereocenters. The molecule has 3 N–H and O–H groups in total. The van der Waals surface area contributed by atoms with Crippen LogP contribution in [0.2, 0.25) is 0 Å². The van der Waals surface area contributed by atoms with Gasteiger partial charge in [0.15, 0.2) is 0 Å². The molecule has 9 nitrogen and oxygen atoms in total. The van der Waals surface area contributed by atoms with E-state index in [9.17, 15) is 4.39 Å². The summed E-state index contributed by atoms with van der Waals surface area (Å²) in [6.45, 7) is 1.56. The molecule has 6 aromatic rings. The monoisotopic (exact) mass is 493 g/mol. The van der Waals surface area contributed by atoms with Crippen molar-refractivity contribution in [3.8, 4) is 33.8 Å². The van der Waals surface area contributed by atoms with Gasteiger partial charge in [-0.25, -0.2) is 19.3 Å². The zero-order valence-electron chi connectivity index (χ0n) is 20.3. The quantitative estimate of drug-likeness (QED) is 0.295. The summed E-state index contributed by atoms with van der Waals surface area (Å²) in [5.41, 5.74) is 6.99. The molecule has 0 saturated carbocycles. The van der Waals surface area contributed by atoms with Crippen LogP contribution in [-0.2, 0) is 0 Å². The number of pyridine rings is 2. The average molecular weight is 494 g/mol. The Morgan fingerprint density at radius 2 is 1.81 bits per heavy atom. The molecule has 0 bridgehead atoms. The van der Waals surface area contributed by atoms with Crippen molar-refractivity contribution < 1.29 is 4.39 Å². The standard InChI is InChI=1S/C27H24FN9/c1-37(2)6-5-31-19-8-16(7-18(28)9-19)20-3-4-32-27-21(20)10-24(34-27)26-22-11-23(17-12-29-15-30-13-17)33-14-25(22)35-36-26/h3-4,7-15,31H,5-6H2,1-2H3,(H,32,34)(H,35,36). The van der Waals surface area contributed by atoms with Gasteiger partial charge < -0.3 is 15.2 Å². The number of H-pyrrole nitrogens is 2. The number of fused-ring (bicyclic) bond motifs is 2. The van der Waals surface area contributed by atoms with E-state index in [2.05, 4.69) is 45.3 Å². The highest BCUT2D eigenvalue weighted by Gasteiger charge is 2.16. The molecule has 10 heteroatoms. The lowest BCUT2D eigenvalue weighted by Crippen LogP contribution is -2.20. The van der Waals surface area contributed by atoms with Gasteiger partial charge in [-0.2, -0.15) is 5.10 Å². The second-order valence-electron chi connectivity index (χ2n) is 9.08. The van der Waals surface area contributed by atoms with E-state index in [1.54, 1.807) is 30.9 Å². The van der Waals surface area contributed by atoms with E-state index in [1.165, 1.54) is 12.4 Å². The zero-order valence-corrected chi connectivity index (χ0v) is 20.3. The Morgan fingerprint density at radius 1 is 0.946 bits per heavy atom. The fraction of sp³-hybridized carbons (Fsp3) is 0.148. The van der Waals surface area contributed by atoms with Gasteiger partial charge in [0.2, 0.25) is 0 Å². The Balaban J connectivity index is 1.41. The molecule has 0 radical (unpaired) electrons. The third-order valence-corrected chi connectivity index (χ3v) is 6.19. The minimum absolute atomic E-state index is 0.297. The normalized spacial score (nSPS) is 11.6. The summed E-state index contributed by atoms with van der Waals surface area (Å²) >= 11 is 0. The van der Waals surface area contributed by atoms with E-state index in [0.717, 1.165) is 62.3 Å². The van der Waals surface area contributed by atoms with E-state index < -0.39 is 0 Å². The number of hydrogen-bond acceptors (Lipinski definition) is 7. The molecule has 184 valence electrons. The largest absolute Gasteiger partial charge is 0.384 e. The summed E-state index contributed by atoms with van der Waals surface area (Å²) in [6.07, 6.45) is 8.41. The first-order valence-electron chi connectivity index (χ1n) is 11.8. The SMILES string of the molecule is CN(C)CCNc1cc(F)cc(-c2ccnc3[nH]c(-c4n[nH]c5cnc(-c6cncnc6)cc45)cc23)c1. The van der Waals surface area contributed by atoms with Gasteiger partial charge in [0.05, 0.1) is 23.1 Å². The van der Waals surface area contributed by atoms with Crippen LogP contribution in [-0.4, -0.2) is 67.2 Å². The minimum Gasteiger partial charge on any atom is -0.384 e. The summed E-state index contributed by atoms with van der Waals surface area (Å²) < 4.78 is 14.6. The number of hydrogen-bond donors (Lipinski definition) is 3. The maximum atomic E-state index is 14.6. The van der Waals surface area contributed by atoms with E-state index in [4.69, 9.17) is 0 Å². The van der Waals surface area contributed by atoms with Crippen molar-refractivity contribution in [1.29, 1.82) is 0 Å². The molecule has 37 heavy (non-hydrogen) atoms. The Kier molecular flexibility index (Phi) is 5.78. The molecule has 0 unspecified atom stereocenters. The number of halogens is 1. The number of anilines is 1. The number of rotatable bonds is 7. The van der Waals surface area contributed by atoms with Gasteiger partial charge in [0.25, 0.3) is 0 Å². The molecule has 0 amide bonds. The van der Waals surface area contributed by atoms with Crippen molar-refractivity contribution >= 4 is 27.6 Å². The van der Waals surface area contributed by atoms with Crippen LogP contribution < -0.4 is 5.32 Å². The number of likely N-dealkylation sites (N-methyl/N-ethyl adjacent to an activating group) is 1. The van der Waals surface area contributed by atoms with Crippen LogP contribution in [0.25, 0.3) is 55.7 Å². The number of aromatic nitrogens is 7. The first kappa shape index (κ1) is 22.7. The molecule has 0 aliphatic carbocycles. The topological polar surface area (TPSA) is 111 Å². The van der Waals surface area contributed by atoms with E-state index in [-0.39, 0.29) is 5.82 Å². The molecular weight excluding hydrogens is 469 g/mol. The number of nitrogens with one attached hydrogen (secondary N) is 3. The Hall–Kier alpha value is -4.70. The lowest BCUT2D eigenvalue weighted by molar-refractivity contribution is 0.425. The molecule has 0 spiro atoms. The Morgan fingerprint density at radius 3 is 2.65 bits per heavy atom.